The van der Waals surface area contributed by atoms with E-state index in [1.165, 1.54) is 6.07 Å². The number of nitro benzene ring substituents is 1. The highest BCUT2D eigenvalue weighted by Gasteiger charge is 2.16. The molecule has 0 fully saturated rings. The van der Waals surface area contributed by atoms with E-state index in [1.54, 1.807) is 12.1 Å². The van der Waals surface area contributed by atoms with Gasteiger partial charge in [-0.15, -0.1) is 0 Å². The number of carbonyl (C=O) groups is 1. The summed E-state index contributed by atoms with van der Waals surface area (Å²) in [5, 5.41) is 17.5. The molecule has 0 radical (unpaired) electrons. The molecule has 1 amide bonds. The smallest absolute Gasteiger partial charge is 0.306 e. The van der Waals surface area contributed by atoms with Gasteiger partial charge < -0.3 is 5.32 Å². The molecule has 0 aliphatic rings. The van der Waals surface area contributed by atoms with Crippen LogP contribution in [0.3, 0.4) is 0 Å². The molecule has 9 heteroatoms. The van der Waals surface area contributed by atoms with Gasteiger partial charge in [-0.05, 0) is 47.3 Å². The molecule has 2 N–H and O–H groups in total. The van der Waals surface area contributed by atoms with Crippen LogP contribution in [0, 0.1) is 15.9 Å². The van der Waals surface area contributed by atoms with Gasteiger partial charge in [-0.25, -0.2) is 0 Å². The van der Waals surface area contributed by atoms with Crippen molar-refractivity contribution < 1.29 is 14.1 Å². The van der Waals surface area contributed by atoms with Crippen molar-refractivity contribution in [2.45, 2.75) is 0 Å². The van der Waals surface area contributed by atoms with Gasteiger partial charge >= 0.3 is 5.69 Å². The summed E-state index contributed by atoms with van der Waals surface area (Å²) < 4.78 is 14.2. The minimum atomic E-state index is -0.957. The van der Waals surface area contributed by atoms with Crippen LogP contribution in [0.25, 0.3) is 10.8 Å². The van der Waals surface area contributed by atoms with Gasteiger partial charge in [-0.3, -0.25) is 20.2 Å². The second kappa shape index (κ2) is 7.77. The minimum absolute atomic E-state index is 0.0621. The predicted octanol–water partition coefficient (Wildman–Crippen LogP) is 4.78. The maximum absolute atomic E-state index is 13.4. The van der Waals surface area contributed by atoms with E-state index in [0.29, 0.717) is 5.56 Å². The Hall–Kier alpha value is -2.91. The number of carbonyl (C=O) groups excluding carboxylic acids is 1. The molecule has 0 aliphatic heterocycles. The van der Waals surface area contributed by atoms with Crippen LogP contribution in [-0.2, 0) is 0 Å². The number of nitrogens with one attached hydrogen (secondary N) is 2. The SMILES string of the molecule is O=C(NC(=S)Nc1ccc(F)c([N+](=O)[O-])c1)c1cccc2c(Br)cccc12. The molecule has 3 aromatic rings. The molecular weight excluding hydrogens is 437 g/mol. The molecule has 6 nitrogen and oxygen atoms in total. The molecule has 3 aromatic carbocycles. The molecule has 136 valence electrons. The summed E-state index contributed by atoms with van der Waals surface area (Å²) in [7, 11) is 0. The Labute approximate surface area is 166 Å². The van der Waals surface area contributed by atoms with Crippen molar-refractivity contribution in [3.05, 3.63) is 80.6 Å². The molecule has 0 unspecified atom stereocenters. The van der Waals surface area contributed by atoms with Gasteiger partial charge in [0, 0.05) is 21.8 Å². The highest BCUT2D eigenvalue weighted by atomic mass is 79.9. The molecule has 0 atom stereocenters. The zero-order chi connectivity index (χ0) is 19.6. The minimum Gasteiger partial charge on any atom is -0.332 e. The van der Waals surface area contributed by atoms with Crippen LogP contribution in [0.2, 0.25) is 0 Å². The van der Waals surface area contributed by atoms with Crippen LogP contribution >= 0.6 is 28.1 Å². The van der Waals surface area contributed by atoms with Crippen LogP contribution in [-0.4, -0.2) is 15.9 Å². The molecule has 0 bridgehead atoms. The average Bonchev–Trinajstić information content (AvgIpc) is 2.63. The van der Waals surface area contributed by atoms with Crippen LogP contribution in [0.4, 0.5) is 15.8 Å². The first-order valence-corrected chi connectivity index (χ1v) is 8.80. The largest absolute Gasteiger partial charge is 0.332 e. The van der Waals surface area contributed by atoms with E-state index in [2.05, 4.69) is 26.6 Å². The first-order valence-electron chi connectivity index (χ1n) is 7.60. The molecule has 0 spiro atoms. The van der Waals surface area contributed by atoms with E-state index in [9.17, 15) is 19.3 Å². The molecule has 0 heterocycles. The van der Waals surface area contributed by atoms with Crippen LogP contribution in [0.1, 0.15) is 10.4 Å². The quantitative estimate of drug-likeness (QED) is 0.343. The molecular formula is C18H11BrFN3O3S. The fraction of sp³-hybridized carbons (Fsp3) is 0. The van der Waals surface area contributed by atoms with E-state index in [1.807, 2.05) is 24.3 Å². The lowest BCUT2D eigenvalue weighted by Crippen LogP contribution is -2.34. The Kier molecular flexibility index (Phi) is 5.43. The van der Waals surface area contributed by atoms with E-state index in [4.69, 9.17) is 12.2 Å². The molecule has 0 saturated carbocycles. The number of anilines is 1. The third-order valence-corrected chi connectivity index (χ3v) is 4.64. The molecule has 0 aromatic heterocycles. The van der Waals surface area contributed by atoms with Crippen molar-refractivity contribution in [2.24, 2.45) is 0 Å². The van der Waals surface area contributed by atoms with Gasteiger partial charge in [0.25, 0.3) is 5.91 Å². The maximum atomic E-state index is 13.4. The molecule has 0 aliphatic carbocycles. The highest BCUT2D eigenvalue weighted by molar-refractivity contribution is 9.10. The van der Waals surface area contributed by atoms with Crippen LogP contribution < -0.4 is 10.6 Å². The van der Waals surface area contributed by atoms with Crippen molar-refractivity contribution in [1.29, 1.82) is 0 Å². The Balaban J connectivity index is 1.79. The summed E-state index contributed by atoms with van der Waals surface area (Å²) in [4.78, 5) is 22.5. The number of hydrogen-bond donors (Lipinski definition) is 2. The Bertz CT molecular complexity index is 1090. The lowest BCUT2D eigenvalue weighted by molar-refractivity contribution is -0.387. The average molecular weight is 448 g/mol. The predicted molar refractivity (Wildman–Crippen MR) is 108 cm³/mol. The molecule has 27 heavy (non-hydrogen) atoms. The fourth-order valence-electron chi connectivity index (χ4n) is 2.53. The number of halogens is 2. The van der Waals surface area contributed by atoms with E-state index in [0.717, 1.165) is 27.4 Å². The van der Waals surface area contributed by atoms with Crippen molar-refractivity contribution in [2.75, 3.05) is 5.32 Å². The second-order valence-electron chi connectivity index (χ2n) is 5.47. The number of amides is 1. The number of fused-ring (bicyclic) bond motifs is 1. The first-order chi connectivity index (χ1) is 12.9. The first kappa shape index (κ1) is 18.9. The number of hydrogen-bond acceptors (Lipinski definition) is 4. The normalized spacial score (nSPS) is 10.4. The summed E-state index contributed by atoms with van der Waals surface area (Å²) >= 11 is 8.53. The van der Waals surface area contributed by atoms with Gasteiger partial charge in [-0.2, -0.15) is 4.39 Å². The summed E-state index contributed by atoms with van der Waals surface area (Å²) in [6.07, 6.45) is 0. The standard InChI is InChI=1S/C18H11BrFN3O3S/c19-14-6-2-3-11-12(14)4-1-5-13(11)17(24)22-18(27)21-10-7-8-15(20)16(9-10)23(25)26/h1-9H,(H2,21,22,24,27). The Morgan fingerprint density at radius 2 is 1.81 bits per heavy atom. The summed E-state index contributed by atoms with van der Waals surface area (Å²) in [5.74, 6) is -1.39. The summed E-state index contributed by atoms with van der Waals surface area (Å²) in [5.41, 5.74) is -0.0786. The Morgan fingerprint density at radius 1 is 1.11 bits per heavy atom. The number of nitro groups is 1. The number of nitrogens with zero attached hydrogens (tertiary/aromatic N) is 1. The van der Waals surface area contributed by atoms with E-state index < -0.39 is 22.3 Å². The fourth-order valence-corrected chi connectivity index (χ4v) is 3.24. The van der Waals surface area contributed by atoms with Gasteiger partial charge in [0.1, 0.15) is 0 Å². The number of thiocarbonyl (C=S) groups is 1. The number of rotatable bonds is 3. The second-order valence-corrected chi connectivity index (χ2v) is 6.73. The van der Waals surface area contributed by atoms with Gasteiger partial charge in [0.05, 0.1) is 4.92 Å². The summed E-state index contributed by atoms with van der Waals surface area (Å²) in [6.45, 7) is 0. The maximum Gasteiger partial charge on any atom is 0.306 e. The van der Waals surface area contributed by atoms with Crippen molar-refractivity contribution in [1.82, 2.24) is 5.32 Å². The van der Waals surface area contributed by atoms with Crippen LogP contribution in [0.15, 0.2) is 59.1 Å². The number of benzene rings is 3. The van der Waals surface area contributed by atoms with E-state index in [-0.39, 0.29) is 10.8 Å². The monoisotopic (exact) mass is 447 g/mol. The van der Waals surface area contributed by atoms with Crippen molar-refractivity contribution in [3.63, 3.8) is 0 Å². The Morgan fingerprint density at radius 3 is 2.56 bits per heavy atom. The van der Waals surface area contributed by atoms with E-state index >= 15 is 0 Å². The molecule has 0 saturated heterocycles. The van der Waals surface area contributed by atoms with Gasteiger partial charge in [0.15, 0.2) is 5.11 Å². The van der Waals surface area contributed by atoms with Crippen molar-refractivity contribution in [3.8, 4) is 0 Å². The van der Waals surface area contributed by atoms with Crippen molar-refractivity contribution >= 4 is 61.3 Å². The lowest BCUT2D eigenvalue weighted by Gasteiger charge is -2.11. The highest BCUT2D eigenvalue weighted by Crippen LogP contribution is 2.26. The van der Waals surface area contributed by atoms with Gasteiger partial charge in [0.2, 0.25) is 5.82 Å². The zero-order valence-corrected chi connectivity index (χ0v) is 15.9. The van der Waals surface area contributed by atoms with Crippen LogP contribution in [0.5, 0.6) is 0 Å². The third kappa shape index (κ3) is 4.09. The molecule has 3 rings (SSSR count). The topological polar surface area (TPSA) is 84.3 Å². The third-order valence-electron chi connectivity index (χ3n) is 3.74. The summed E-state index contributed by atoms with van der Waals surface area (Å²) in [6, 6.07) is 14.0. The van der Waals surface area contributed by atoms with Gasteiger partial charge in [-0.1, -0.05) is 40.2 Å². The lowest BCUT2D eigenvalue weighted by atomic mass is 10.0. The zero-order valence-electron chi connectivity index (χ0n) is 13.5.